The molecular formula is C11H16N2. The summed E-state index contributed by atoms with van der Waals surface area (Å²) in [5.74, 6) is 4.28. The fourth-order valence-corrected chi connectivity index (χ4v) is 1.36. The number of terminal acetylenes is 1. The quantitative estimate of drug-likeness (QED) is 0.509. The number of aromatic nitrogens is 2. The van der Waals surface area contributed by atoms with Crippen molar-refractivity contribution in [3.8, 4) is 12.3 Å². The minimum Gasteiger partial charge on any atom is -0.335 e. The molecule has 0 aliphatic rings. The van der Waals surface area contributed by atoms with Gasteiger partial charge in [-0.05, 0) is 6.42 Å². The van der Waals surface area contributed by atoms with Crippen molar-refractivity contribution in [2.24, 2.45) is 0 Å². The van der Waals surface area contributed by atoms with E-state index in [0.717, 1.165) is 25.2 Å². The van der Waals surface area contributed by atoms with Crippen LogP contribution < -0.4 is 0 Å². The number of unbranched alkanes of at least 4 members (excludes halogenated alkanes) is 1. The Morgan fingerprint density at radius 2 is 2.38 bits per heavy atom. The molecule has 0 bridgehead atoms. The Morgan fingerprint density at radius 1 is 1.62 bits per heavy atom. The van der Waals surface area contributed by atoms with Crippen LogP contribution in [-0.4, -0.2) is 9.55 Å². The molecule has 0 saturated carbocycles. The predicted molar refractivity (Wildman–Crippen MR) is 54.4 cm³/mol. The molecule has 0 aliphatic carbocycles. The lowest BCUT2D eigenvalue weighted by Crippen LogP contribution is -2.04. The van der Waals surface area contributed by atoms with E-state index in [-0.39, 0.29) is 0 Å². The van der Waals surface area contributed by atoms with Crippen LogP contribution in [0, 0.1) is 12.3 Å². The smallest absolute Gasteiger partial charge is 0.111 e. The van der Waals surface area contributed by atoms with Crippen molar-refractivity contribution in [1.82, 2.24) is 9.55 Å². The van der Waals surface area contributed by atoms with Crippen LogP contribution in [0.2, 0.25) is 0 Å². The fourth-order valence-electron chi connectivity index (χ4n) is 1.36. The van der Waals surface area contributed by atoms with Gasteiger partial charge >= 0.3 is 0 Å². The molecule has 1 rings (SSSR count). The first kappa shape index (κ1) is 9.85. The molecule has 0 spiro atoms. The van der Waals surface area contributed by atoms with Crippen LogP contribution in [0.5, 0.6) is 0 Å². The van der Waals surface area contributed by atoms with Crippen LogP contribution in [0.4, 0.5) is 0 Å². The van der Waals surface area contributed by atoms with Gasteiger partial charge in [-0.2, -0.15) is 0 Å². The van der Waals surface area contributed by atoms with Crippen LogP contribution in [-0.2, 0) is 6.54 Å². The van der Waals surface area contributed by atoms with Gasteiger partial charge in [0.05, 0.1) is 0 Å². The average molecular weight is 176 g/mol. The molecule has 0 saturated heterocycles. The Bertz CT molecular complexity index is 291. The van der Waals surface area contributed by atoms with Gasteiger partial charge in [0, 0.05) is 31.3 Å². The zero-order valence-electron chi connectivity index (χ0n) is 8.33. The van der Waals surface area contributed by atoms with Crippen LogP contribution in [0.1, 0.15) is 38.4 Å². The average Bonchev–Trinajstić information content (AvgIpc) is 2.53. The predicted octanol–water partition coefficient (Wildman–Crippen LogP) is 2.42. The SMILES string of the molecule is C#CCCCn1ccnc1C(C)C. The van der Waals surface area contributed by atoms with Gasteiger partial charge in [0.1, 0.15) is 5.82 Å². The summed E-state index contributed by atoms with van der Waals surface area (Å²) < 4.78 is 2.18. The standard InChI is InChI=1S/C11H16N2/c1-4-5-6-8-13-9-7-12-11(13)10(2)3/h1,7,9-10H,5-6,8H2,2-3H3. The second-order valence-corrected chi connectivity index (χ2v) is 3.44. The molecule has 1 aromatic heterocycles. The van der Waals surface area contributed by atoms with E-state index >= 15 is 0 Å². The van der Waals surface area contributed by atoms with Crippen molar-refractivity contribution in [3.05, 3.63) is 18.2 Å². The highest BCUT2D eigenvalue weighted by Gasteiger charge is 2.05. The van der Waals surface area contributed by atoms with E-state index in [4.69, 9.17) is 6.42 Å². The van der Waals surface area contributed by atoms with Crippen molar-refractivity contribution < 1.29 is 0 Å². The summed E-state index contributed by atoms with van der Waals surface area (Å²) in [4.78, 5) is 4.31. The molecule has 0 radical (unpaired) electrons. The summed E-state index contributed by atoms with van der Waals surface area (Å²) >= 11 is 0. The molecular weight excluding hydrogens is 160 g/mol. The molecule has 0 unspecified atom stereocenters. The van der Waals surface area contributed by atoms with E-state index in [0.29, 0.717) is 5.92 Å². The van der Waals surface area contributed by atoms with Gasteiger partial charge < -0.3 is 4.57 Å². The van der Waals surface area contributed by atoms with E-state index < -0.39 is 0 Å². The third-order valence-electron chi connectivity index (χ3n) is 1.98. The Labute approximate surface area is 80.0 Å². The minimum atomic E-state index is 0.487. The summed E-state index contributed by atoms with van der Waals surface area (Å²) in [6, 6.07) is 0. The highest BCUT2D eigenvalue weighted by Crippen LogP contribution is 2.12. The lowest BCUT2D eigenvalue weighted by Gasteiger charge is -2.08. The summed E-state index contributed by atoms with van der Waals surface area (Å²) in [6.07, 6.45) is 10.9. The molecule has 0 aliphatic heterocycles. The number of aryl methyl sites for hydroxylation is 1. The molecule has 0 fully saturated rings. The molecule has 0 aromatic carbocycles. The fraction of sp³-hybridized carbons (Fsp3) is 0.545. The Balaban J connectivity index is 2.56. The van der Waals surface area contributed by atoms with Crippen molar-refractivity contribution in [3.63, 3.8) is 0 Å². The Morgan fingerprint density at radius 3 is 3.00 bits per heavy atom. The number of hydrogen-bond acceptors (Lipinski definition) is 1. The molecule has 1 aromatic rings. The maximum atomic E-state index is 5.19. The molecule has 1 heterocycles. The monoisotopic (exact) mass is 176 g/mol. The molecule has 0 atom stereocenters. The van der Waals surface area contributed by atoms with Gasteiger partial charge in [-0.15, -0.1) is 12.3 Å². The Kier molecular flexibility index (Phi) is 3.57. The second-order valence-electron chi connectivity index (χ2n) is 3.44. The number of nitrogens with zero attached hydrogens (tertiary/aromatic N) is 2. The van der Waals surface area contributed by atoms with Crippen LogP contribution >= 0.6 is 0 Å². The van der Waals surface area contributed by atoms with E-state index in [9.17, 15) is 0 Å². The van der Waals surface area contributed by atoms with Gasteiger partial charge in [-0.25, -0.2) is 4.98 Å². The normalized spacial score (nSPS) is 10.3. The van der Waals surface area contributed by atoms with E-state index in [1.165, 1.54) is 0 Å². The maximum absolute atomic E-state index is 5.19. The third-order valence-corrected chi connectivity index (χ3v) is 1.98. The molecule has 2 heteroatoms. The van der Waals surface area contributed by atoms with Crippen molar-refractivity contribution in [2.45, 2.75) is 39.2 Å². The largest absolute Gasteiger partial charge is 0.335 e. The number of rotatable bonds is 4. The van der Waals surface area contributed by atoms with Gasteiger partial charge in [-0.1, -0.05) is 13.8 Å². The second kappa shape index (κ2) is 4.71. The van der Waals surface area contributed by atoms with Crippen LogP contribution in [0.3, 0.4) is 0 Å². The first-order chi connectivity index (χ1) is 6.25. The lowest BCUT2D eigenvalue weighted by molar-refractivity contribution is 0.596. The van der Waals surface area contributed by atoms with Crippen molar-refractivity contribution in [2.75, 3.05) is 0 Å². The topological polar surface area (TPSA) is 17.8 Å². The summed E-state index contributed by atoms with van der Waals surface area (Å²) in [7, 11) is 0. The molecule has 13 heavy (non-hydrogen) atoms. The van der Waals surface area contributed by atoms with Crippen LogP contribution in [0.15, 0.2) is 12.4 Å². The lowest BCUT2D eigenvalue weighted by atomic mass is 10.2. The summed E-state index contributed by atoms with van der Waals surface area (Å²) in [6.45, 7) is 5.29. The van der Waals surface area contributed by atoms with Crippen molar-refractivity contribution in [1.29, 1.82) is 0 Å². The number of imidazole rings is 1. The van der Waals surface area contributed by atoms with E-state index in [1.807, 2.05) is 12.4 Å². The van der Waals surface area contributed by atoms with Crippen LogP contribution in [0.25, 0.3) is 0 Å². The highest BCUT2D eigenvalue weighted by molar-refractivity contribution is 4.97. The summed E-state index contributed by atoms with van der Waals surface area (Å²) in [5.41, 5.74) is 0. The molecule has 2 nitrogen and oxygen atoms in total. The first-order valence-electron chi connectivity index (χ1n) is 4.70. The molecule has 70 valence electrons. The van der Waals surface area contributed by atoms with Gasteiger partial charge in [0.2, 0.25) is 0 Å². The third kappa shape index (κ3) is 2.62. The zero-order chi connectivity index (χ0) is 9.68. The van der Waals surface area contributed by atoms with Gasteiger partial charge in [-0.3, -0.25) is 0 Å². The first-order valence-corrected chi connectivity index (χ1v) is 4.70. The Hall–Kier alpha value is -1.23. The minimum absolute atomic E-state index is 0.487. The highest BCUT2D eigenvalue weighted by atomic mass is 15.1. The van der Waals surface area contributed by atoms with Gasteiger partial charge in [0.15, 0.2) is 0 Å². The van der Waals surface area contributed by atoms with E-state index in [1.54, 1.807) is 0 Å². The summed E-state index contributed by atoms with van der Waals surface area (Å²) in [5, 5.41) is 0. The molecule has 0 N–H and O–H groups in total. The maximum Gasteiger partial charge on any atom is 0.111 e. The zero-order valence-corrected chi connectivity index (χ0v) is 8.33. The molecule has 0 amide bonds. The number of hydrogen-bond donors (Lipinski definition) is 0. The van der Waals surface area contributed by atoms with E-state index in [2.05, 4.69) is 29.3 Å². The van der Waals surface area contributed by atoms with Crippen molar-refractivity contribution >= 4 is 0 Å². The van der Waals surface area contributed by atoms with Gasteiger partial charge in [0.25, 0.3) is 0 Å².